The summed E-state index contributed by atoms with van der Waals surface area (Å²) >= 11 is 0. The molecule has 0 radical (unpaired) electrons. The van der Waals surface area contributed by atoms with E-state index in [0.29, 0.717) is 19.3 Å². The fraction of sp³-hybridized carbons (Fsp3) is 0.636. The minimum absolute atomic E-state index is 0.0318. The summed E-state index contributed by atoms with van der Waals surface area (Å²) in [5.41, 5.74) is -1.38. The molecule has 2 heterocycles. The number of piperidine rings is 1. The van der Waals surface area contributed by atoms with Gasteiger partial charge in [0, 0.05) is 19.8 Å². The van der Waals surface area contributed by atoms with Gasteiger partial charge in [0.05, 0.1) is 6.20 Å². The molecule has 1 aliphatic heterocycles. The average Bonchev–Trinajstić information content (AvgIpc) is 2.76. The Hall–Kier alpha value is -1.41. The maximum absolute atomic E-state index is 12.5. The van der Waals surface area contributed by atoms with Gasteiger partial charge in [-0.3, -0.25) is 9.48 Å². The van der Waals surface area contributed by atoms with Crippen molar-refractivity contribution in [3.8, 4) is 0 Å². The van der Waals surface area contributed by atoms with Crippen molar-refractivity contribution in [2.75, 3.05) is 6.54 Å². The highest BCUT2D eigenvalue weighted by molar-refractivity contribution is 7.89. The molecule has 0 aliphatic carbocycles. The molecule has 8 heteroatoms. The van der Waals surface area contributed by atoms with Gasteiger partial charge in [0.25, 0.3) is 0 Å². The van der Waals surface area contributed by atoms with Crippen LogP contribution >= 0.6 is 0 Å². The van der Waals surface area contributed by atoms with Gasteiger partial charge in [-0.05, 0) is 26.2 Å². The number of aromatic nitrogens is 2. The van der Waals surface area contributed by atoms with Crippen LogP contribution in [-0.2, 0) is 21.9 Å². The molecule has 106 valence electrons. The standard InChI is InChI=1S/C11H17N3O4S/c1-11(10(15)16)5-3-4-6-14(11)19(17,18)9-7-12-13(2)8-9/h7-8H,3-6H2,1-2H3,(H,15,16). The lowest BCUT2D eigenvalue weighted by Gasteiger charge is -2.40. The molecule has 1 atom stereocenters. The maximum atomic E-state index is 12.5. The Kier molecular flexibility index (Phi) is 3.40. The zero-order valence-corrected chi connectivity index (χ0v) is 11.7. The fourth-order valence-electron chi connectivity index (χ4n) is 2.35. The van der Waals surface area contributed by atoms with Crippen molar-refractivity contribution in [2.24, 2.45) is 7.05 Å². The first kappa shape index (κ1) is 14.0. The molecule has 2 rings (SSSR count). The summed E-state index contributed by atoms with van der Waals surface area (Å²) in [5.74, 6) is -1.11. The Balaban J connectivity index is 2.46. The Morgan fingerprint density at radius 1 is 1.47 bits per heavy atom. The van der Waals surface area contributed by atoms with Gasteiger partial charge in [-0.2, -0.15) is 9.40 Å². The lowest BCUT2D eigenvalue weighted by molar-refractivity contribution is -0.149. The summed E-state index contributed by atoms with van der Waals surface area (Å²) in [6, 6.07) is 0. The first-order valence-corrected chi connectivity index (χ1v) is 7.47. The number of aliphatic carboxylic acids is 1. The van der Waals surface area contributed by atoms with E-state index in [1.54, 1.807) is 7.05 Å². The van der Waals surface area contributed by atoms with Crippen LogP contribution in [0.25, 0.3) is 0 Å². The molecule has 19 heavy (non-hydrogen) atoms. The molecule has 0 aromatic carbocycles. The van der Waals surface area contributed by atoms with Crippen molar-refractivity contribution in [1.29, 1.82) is 0 Å². The third-order valence-corrected chi connectivity index (χ3v) is 5.53. The smallest absolute Gasteiger partial charge is 0.324 e. The van der Waals surface area contributed by atoms with Gasteiger partial charge in [-0.1, -0.05) is 0 Å². The van der Waals surface area contributed by atoms with Crippen molar-refractivity contribution < 1.29 is 18.3 Å². The number of sulfonamides is 1. The molecule has 1 fully saturated rings. The van der Waals surface area contributed by atoms with Crippen LogP contribution in [0.3, 0.4) is 0 Å². The maximum Gasteiger partial charge on any atom is 0.324 e. The molecule has 1 aromatic rings. The zero-order valence-electron chi connectivity index (χ0n) is 10.9. The highest BCUT2D eigenvalue weighted by atomic mass is 32.2. The number of nitrogens with zero attached hydrogens (tertiary/aromatic N) is 3. The molecule has 0 saturated carbocycles. The molecule has 1 aliphatic rings. The summed E-state index contributed by atoms with van der Waals surface area (Å²) in [6.45, 7) is 1.68. The summed E-state index contributed by atoms with van der Waals surface area (Å²) < 4.78 is 27.5. The van der Waals surface area contributed by atoms with E-state index in [2.05, 4.69) is 5.10 Å². The quantitative estimate of drug-likeness (QED) is 0.870. The van der Waals surface area contributed by atoms with E-state index in [1.807, 2.05) is 0 Å². The van der Waals surface area contributed by atoms with E-state index in [9.17, 15) is 18.3 Å². The van der Waals surface area contributed by atoms with Crippen LogP contribution in [0, 0.1) is 0 Å². The third kappa shape index (κ3) is 2.25. The highest BCUT2D eigenvalue weighted by Gasteiger charge is 2.48. The summed E-state index contributed by atoms with van der Waals surface area (Å²) in [7, 11) is -2.21. The second-order valence-electron chi connectivity index (χ2n) is 4.96. The number of hydrogen-bond donors (Lipinski definition) is 1. The summed E-state index contributed by atoms with van der Waals surface area (Å²) in [4.78, 5) is 11.5. The van der Waals surface area contributed by atoms with E-state index in [4.69, 9.17) is 0 Å². The molecular weight excluding hydrogens is 270 g/mol. The van der Waals surface area contributed by atoms with Gasteiger partial charge in [-0.15, -0.1) is 0 Å². The largest absolute Gasteiger partial charge is 0.480 e. The Labute approximate surface area is 111 Å². The molecule has 0 bridgehead atoms. The van der Waals surface area contributed by atoms with E-state index < -0.39 is 21.5 Å². The van der Waals surface area contributed by atoms with E-state index >= 15 is 0 Å². The second kappa shape index (κ2) is 4.61. The van der Waals surface area contributed by atoms with Gasteiger partial charge < -0.3 is 5.11 Å². The zero-order chi connectivity index (χ0) is 14.3. The molecule has 0 amide bonds. The van der Waals surface area contributed by atoms with Crippen molar-refractivity contribution in [3.05, 3.63) is 12.4 Å². The lowest BCUT2D eigenvalue weighted by atomic mass is 9.91. The van der Waals surface area contributed by atoms with Crippen LogP contribution in [0.1, 0.15) is 26.2 Å². The molecule has 1 saturated heterocycles. The van der Waals surface area contributed by atoms with Gasteiger partial charge >= 0.3 is 5.97 Å². The fourth-order valence-corrected chi connectivity index (χ4v) is 4.14. The molecular formula is C11H17N3O4S. The van der Waals surface area contributed by atoms with Gasteiger partial charge in [0.2, 0.25) is 10.0 Å². The van der Waals surface area contributed by atoms with Crippen LogP contribution in [0.2, 0.25) is 0 Å². The Morgan fingerprint density at radius 2 is 2.16 bits per heavy atom. The molecule has 1 N–H and O–H groups in total. The second-order valence-corrected chi connectivity index (χ2v) is 6.83. The minimum Gasteiger partial charge on any atom is -0.480 e. The van der Waals surface area contributed by atoms with E-state index in [0.717, 1.165) is 4.31 Å². The van der Waals surface area contributed by atoms with E-state index in [1.165, 1.54) is 24.0 Å². The average molecular weight is 287 g/mol. The van der Waals surface area contributed by atoms with Crippen LogP contribution in [0.5, 0.6) is 0 Å². The molecule has 1 unspecified atom stereocenters. The van der Waals surface area contributed by atoms with Crippen molar-refractivity contribution >= 4 is 16.0 Å². The van der Waals surface area contributed by atoms with Crippen molar-refractivity contribution in [2.45, 2.75) is 36.6 Å². The number of hydrogen-bond acceptors (Lipinski definition) is 4. The van der Waals surface area contributed by atoms with Crippen LogP contribution in [-0.4, -0.2) is 45.7 Å². The van der Waals surface area contributed by atoms with Gasteiger partial charge in [0.1, 0.15) is 10.4 Å². The SMILES string of the molecule is Cn1cc(S(=O)(=O)N2CCCCC2(C)C(=O)O)cn1. The predicted octanol–water partition coefficient (Wildman–Crippen LogP) is 0.438. The number of carboxylic acid groups (broad SMARTS) is 1. The van der Waals surface area contributed by atoms with Crippen LogP contribution < -0.4 is 0 Å². The monoisotopic (exact) mass is 287 g/mol. The van der Waals surface area contributed by atoms with Crippen LogP contribution in [0.4, 0.5) is 0 Å². The first-order valence-electron chi connectivity index (χ1n) is 6.03. The number of carbonyl (C=O) groups is 1. The third-order valence-electron chi connectivity index (χ3n) is 3.56. The Bertz CT molecular complexity index is 595. The summed E-state index contributed by atoms with van der Waals surface area (Å²) in [6.07, 6.45) is 4.32. The topological polar surface area (TPSA) is 92.5 Å². The normalized spacial score (nSPS) is 25.4. The van der Waals surface area contributed by atoms with Crippen molar-refractivity contribution in [1.82, 2.24) is 14.1 Å². The number of rotatable bonds is 3. The van der Waals surface area contributed by atoms with Crippen LogP contribution in [0.15, 0.2) is 17.3 Å². The van der Waals surface area contributed by atoms with E-state index in [-0.39, 0.29) is 11.4 Å². The molecule has 0 spiro atoms. The summed E-state index contributed by atoms with van der Waals surface area (Å²) in [5, 5.41) is 13.2. The lowest BCUT2D eigenvalue weighted by Crippen LogP contribution is -2.57. The highest BCUT2D eigenvalue weighted by Crippen LogP contribution is 2.33. The predicted molar refractivity (Wildman–Crippen MR) is 67.0 cm³/mol. The van der Waals surface area contributed by atoms with Gasteiger partial charge in [-0.25, -0.2) is 8.42 Å². The molecule has 1 aromatic heterocycles. The van der Waals surface area contributed by atoms with Gasteiger partial charge in [0.15, 0.2) is 0 Å². The number of aryl methyl sites for hydroxylation is 1. The number of carboxylic acids is 1. The first-order chi connectivity index (χ1) is 8.78. The Morgan fingerprint density at radius 3 is 2.68 bits per heavy atom. The minimum atomic E-state index is -3.82. The molecule has 7 nitrogen and oxygen atoms in total. The van der Waals surface area contributed by atoms with Crippen molar-refractivity contribution in [3.63, 3.8) is 0 Å².